The van der Waals surface area contributed by atoms with Crippen LogP contribution in [-0.2, 0) is 11.3 Å². The highest BCUT2D eigenvalue weighted by Gasteiger charge is 2.33. The molecule has 2 aromatic rings. The molecule has 0 spiro atoms. The second-order valence-electron chi connectivity index (χ2n) is 6.49. The van der Waals surface area contributed by atoms with Crippen LogP contribution in [0.15, 0.2) is 22.7 Å². The van der Waals surface area contributed by atoms with Crippen LogP contribution in [-0.4, -0.2) is 33.6 Å². The van der Waals surface area contributed by atoms with E-state index in [-0.39, 0.29) is 30.5 Å². The molecular formula is C18H22FN3O3. The number of nitrogens with zero attached hydrogens (tertiary/aromatic N) is 3. The third kappa shape index (κ3) is 3.87. The second-order valence-corrected chi connectivity index (χ2v) is 6.49. The van der Waals surface area contributed by atoms with Gasteiger partial charge in [0.25, 0.3) is 5.91 Å². The third-order valence-electron chi connectivity index (χ3n) is 4.22. The van der Waals surface area contributed by atoms with E-state index in [0.717, 1.165) is 12.8 Å². The maximum absolute atomic E-state index is 14.0. The molecule has 1 aromatic heterocycles. The zero-order valence-corrected chi connectivity index (χ0v) is 14.7. The smallest absolute Gasteiger partial charge is 0.254 e. The summed E-state index contributed by atoms with van der Waals surface area (Å²) in [7, 11) is 0. The number of halogens is 1. The van der Waals surface area contributed by atoms with Crippen molar-refractivity contribution < 1.29 is 18.4 Å². The van der Waals surface area contributed by atoms with Gasteiger partial charge in [-0.1, -0.05) is 5.16 Å². The van der Waals surface area contributed by atoms with E-state index in [0.29, 0.717) is 29.4 Å². The van der Waals surface area contributed by atoms with Crippen molar-refractivity contribution in [2.24, 2.45) is 0 Å². The maximum atomic E-state index is 14.0. The SMILES string of the molecule is Cc1nc([C@H]2CCCN2C(=O)c2ccc(F)c(COC(C)C)c2)no1. The minimum Gasteiger partial charge on any atom is -0.374 e. The summed E-state index contributed by atoms with van der Waals surface area (Å²) in [4.78, 5) is 18.9. The van der Waals surface area contributed by atoms with Crippen LogP contribution < -0.4 is 0 Å². The molecule has 1 atom stereocenters. The van der Waals surface area contributed by atoms with Gasteiger partial charge < -0.3 is 14.2 Å². The van der Waals surface area contributed by atoms with Crippen molar-refractivity contribution in [2.45, 2.75) is 52.4 Å². The van der Waals surface area contributed by atoms with Gasteiger partial charge in [-0.15, -0.1) is 0 Å². The molecule has 6 nitrogen and oxygen atoms in total. The molecule has 1 saturated heterocycles. The maximum Gasteiger partial charge on any atom is 0.254 e. The topological polar surface area (TPSA) is 68.5 Å². The van der Waals surface area contributed by atoms with Crippen molar-refractivity contribution in [1.29, 1.82) is 0 Å². The Hall–Kier alpha value is -2.28. The predicted octanol–water partition coefficient (Wildman–Crippen LogP) is 3.42. The first-order chi connectivity index (χ1) is 12.0. The summed E-state index contributed by atoms with van der Waals surface area (Å²) in [6.45, 7) is 6.24. The number of ether oxygens (including phenoxy) is 1. The van der Waals surface area contributed by atoms with Crippen molar-refractivity contribution in [3.8, 4) is 0 Å². The second kappa shape index (κ2) is 7.31. The molecule has 134 valence electrons. The number of carbonyl (C=O) groups is 1. The molecule has 7 heteroatoms. The summed E-state index contributed by atoms with van der Waals surface area (Å²) in [6.07, 6.45) is 1.65. The molecule has 0 radical (unpaired) electrons. The number of carbonyl (C=O) groups excluding carboxylic acids is 1. The summed E-state index contributed by atoms with van der Waals surface area (Å²) < 4.78 is 24.5. The van der Waals surface area contributed by atoms with Gasteiger partial charge in [0, 0.05) is 24.6 Å². The third-order valence-corrected chi connectivity index (χ3v) is 4.22. The predicted molar refractivity (Wildman–Crippen MR) is 88.4 cm³/mol. The summed E-state index contributed by atoms with van der Waals surface area (Å²) in [6, 6.07) is 4.19. The average Bonchev–Trinajstić information content (AvgIpc) is 3.21. The minimum absolute atomic E-state index is 0.0109. The largest absolute Gasteiger partial charge is 0.374 e. The standard InChI is InChI=1S/C18H22FN3O3/c1-11(2)24-10-14-9-13(6-7-15(14)19)18(23)22-8-4-5-16(22)17-20-12(3)25-21-17/h6-7,9,11,16H,4-5,8,10H2,1-3H3/t16-/m1/s1. The van der Waals surface area contributed by atoms with Crippen molar-refractivity contribution in [3.63, 3.8) is 0 Å². The first kappa shape index (κ1) is 17.5. The quantitative estimate of drug-likeness (QED) is 0.829. The van der Waals surface area contributed by atoms with Crippen molar-refractivity contribution in [1.82, 2.24) is 15.0 Å². The van der Waals surface area contributed by atoms with Crippen LogP contribution in [0.3, 0.4) is 0 Å². The number of amides is 1. The molecule has 2 heterocycles. The normalized spacial score (nSPS) is 17.5. The molecule has 0 saturated carbocycles. The molecule has 1 aromatic carbocycles. The summed E-state index contributed by atoms with van der Waals surface area (Å²) in [5, 5.41) is 3.94. The Balaban J connectivity index is 1.81. The Morgan fingerprint density at radius 2 is 2.28 bits per heavy atom. The monoisotopic (exact) mass is 347 g/mol. The van der Waals surface area contributed by atoms with Gasteiger partial charge in [0.05, 0.1) is 18.8 Å². The average molecular weight is 347 g/mol. The van der Waals surface area contributed by atoms with Crippen molar-refractivity contribution in [2.75, 3.05) is 6.54 Å². The Morgan fingerprint density at radius 3 is 2.96 bits per heavy atom. The van der Waals surface area contributed by atoms with Gasteiger partial charge in [-0.25, -0.2) is 4.39 Å². The molecule has 1 aliphatic heterocycles. The van der Waals surface area contributed by atoms with E-state index in [1.807, 2.05) is 13.8 Å². The van der Waals surface area contributed by atoms with Gasteiger partial charge in [-0.05, 0) is 44.9 Å². The molecule has 0 N–H and O–H groups in total. The van der Waals surface area contributed by atoms with Crippen molar-refractivity contribution in [3.05, 3.63) is 46.9 Å². The highest BCUT2D eigenvalue weighted by atomic mass is 19.1. The molecule has 3 rings (SSSR count). The van der Waals surface area contributed by atoms with E-state index in [1.165, 1.54) is 12.1 Å². The number of benzene rings is 1. The van der Waals surface area contributed by atoms with Crippen molar-refractivity contribution >= 4 is 5.91 Å². The number of hydrogen-bond donors (Lipinski definition) is 0. The molecule has 1 aliphatic rings. The number of hydrogen-bond acceptors (Lipinski definition) is 5. The van der Waals surface area contributed by atoms with Gasteiger partial charge in [0.1, 0.15) is 5.82 Å². The van der Waals surface area contributed by atoms with Crippen LogP contribution >= 0.6 is 0 Å². The van der Waals surface area contributed by atoms with Gasteiger partial charge in [-0.2, -0.15) is 4.98 Å². The Kier molecular flexibility index (Phi) is 5.13. The summed E-state index contributed by atoms with van der Waals surface area (Å²) >= 11 is 0. The van der Waals surface area contributed by atoms with Gasteiger partial charge >= 0.3 is 0 Å². The van der Waals surface area contributed by atoms with E-state index in [4.69, 9.17) is 9.26 Å². The van der Waals surface area contributed by atoms with Crippen LogP contribution in [0.5, 0.6) is 0 Å². The van der Waals surface area contributed by atoms with Crippen LogP contribution in [0, 0.1) is 12.7 Å². The Labute approximate surface area is 146 Å². The fourth-order valence-electron chi connectivity index (χ4n) is 2.97. The Morgan fingerprint density at radius 1 is 1.48 bits per heavy atom. The highest BCUT2D eigenvalue weighted by Crippen LogP contribution is 2.31. The molecule has 0 bridgehead atoms. The lowest BCUT2D eigenvalue weighted by molar-refractivity contribution is 0.0637. The fourth-order valence-corrected chi connectivity index (χ4v) is 2.97. The Bertz CT molecular complexity index is 760. The van der Waals surface area contributed by atoms with Crippen LogP contribution in [0.25, 0.3) is 0 Å². The zero-order valence-electron chi connectivity index (χ0n) is 14.7. The van der Waals surface area contributed by atoms with E-state index in [1.54, 1.807) is 17.9 Å². The van der Waals surface area contributed by atoms with E-state index < -0.39 is 0 Å². The molecule has 25 heavy (non-hydrogen) atoms. The van der Waals surface area contributed by atoms with E-state index in [9.17, 15) is 9.18 Å². The van der Waals surface area contributed by atoms with Gasteiger partial charge in [0.2, 0.25) is 5.89 Å². The molecular weight excluding hydrogens is 325 g/mol. The first-order valence-corrected chi connectivity index (χ1v) is 8.47. The first-order valence-electron chi connectivity index (χ1n) is 8.47. The van der Waals surface area contributed by atoms with Gasteiger partial charge in [-0.3, -0.25) is 4.79 Å². The number of aromatic nitrogens is 2. The lowest BCUT2D eigenvalue weighted by Crippen LogP contribution is -2.31. The number of likely N-dealkylation sites (tertiary alicyclic amines) is 1. The number of rotatable bonds is 5. The summed E-state index contributed by atoms with van der Waals surface area (Å²) in [5.41, 5.74) is 0.821. The van der Waals surface area contributed by atoms with Gasteiger partial charge in [0.15, 0.2) is 5.82 Å². The summed E-state index contributed by atoms with van der Waals surface area (Å²) in [5.74, 6) is 0.470. The van der Waals surface area contributed by atoms with E-state index in [2.05, 4.69) is 10.1 Å². The minimum atomic E-state index is -0.371. The van der Waals surface area contributed by atoms with Crippen LogP contribution in [0.2, 0.25) is 0 Å². The lowest BCUT2D eigenvalue weighted by atomic mass is 10.1. The lowest BCUT2D eigenvalue weighted by Gasteiger charge is -2.22. The van der Waals surface area contributed by atoms with E-state index >= 15 is 0 Å². The highest BCUT2D eigenvalue weighted by molar-refractivity contribution is 5.94. The molecule has 1 amide bonds. The molecule has 0 unspecified atom stereocenters. The number of aryl methyl sites for hydroxylation is 1. The van der Waals surface area contributed by atoms with Crippen LogP contribution in [0.4, 0.5) is 4.39 Å². The molecule has 0 aliphatic carbocycles. The molecule has 1 fully saturated rings. The van der Waals surface area contributed by atoms with Crippen LogP contribution in [0.1, 0.15) is 60.4 Å². The zero-order chi connectivity index (χ0) is 18.0. The fraction of sp³-hybridized carbons (Fsp3) is 0.500.